The van der Waals surface area contributed by atoms with Crippen LogP contribution in [0.3, 0.4) is 0 Å². The molecule has 4 heteroatoms. The minimum absolute atomic E-state index is 0.0204. The first-order chi connectivity index (χ1) is 10.5. The summed E-state index contributed by atoms with van der Waals surface area (Å²) in [6.45, 7) is 5.60. The van der Waals surface area contributed by atoms with Gasteiger partial charge in [0.25, 0.3) is 0 Å². The molecule has 0 heterocycles. The van der Waals surface area contributed by atoms with Gasteiger partial charge in [0.2, 0.25) is 5.91 Å². The number of hydrogen-bond acceptors (Lipinski definition) is 3. The van der Waals surface area contributed by atoms with Gasteiger partial charge in [-0.1, -0.05) is 31.9 Å². The molecule has 0 unspecified atom stereocenters. The molecule has 1 saturated carbocycles. The number of benzene rings is 1. The molecular weight excluding hydrogens is 276 g/mol. The summed E-state index contributed by atoms with van der Waals surface area (Å²) < 4.78 is 0. The summed E-state index contributed by atoms with van der Waals surface area (Å²) in [5.41, 5.74) is 1.45. The maximum Gasteiger partial charge on any atom is 0.242 e. The highest BCUT2D eigenvalue weighted by Crippen LogP contribution is 2.23. The van der Waals surface area contributed by atoms with Crippen molar-refractivity contribution in [3.8, 4) is 0 Å². The Morgan fingerprint density at radius 3 is 2.64 bits per heavy atom. The largest absolute Gasteiger partial charge is 0.374 e. The number of ketones is 1. The summed E-state index contributed by atoms with van der Waals surface area (Å²) in [6, 6.07) is 7.23. The van der Waals surface area contributed by atoms with E-state index >= 15 is 0 Å². The van der Waals surface area contributed by atoms with Gasteiger partial charge in [0.05, 0.1) is 0 Å². The Morgan fingerprint density at radius 2 is 1.95 bits per heavy atom. The molecule has 3 atom stereocenters. The Labute approximate surface area is 132 Å². The molecule has 1 fully saturated rings. The highest BCUT2D eigenvalue weighted by atomic mass is 16.2. The van der Waals surface area contributed by atoms with Gasteiger partial charge in [-0.3, -0.25) is 9.59 Å². The molecule has 0 aliphatic heterocycles. The number of rotatable bonds is 5. The second-order valence-corrected chi connectivity index (χ2v) is 6.38. The molecule has 1 amide bonds. The first-order valence-corrected chi connectivity index (χ1v) is 8.15. The number of nitrogens with one attached hydrogen (secondary N) is 2. The standard InChI is InChI=1S/C18H26N2O2/c1-12-7-4-5-10-17(12)20-18(22)13(2)19-16-9-6-8-15(11-16)14(3)21/h6,8-9,11-13,17,19H,4-5,7,10H2,1-3H3,(H,20,22)/t12-,13-,17+/m1/s1. The molecule has 0 spiro atoms. The van der Waals surface area contributed by atoms with Crippen LogP contribution in [0.4, 0.5) is 5.69 Å². The number of amides is 1. The van der Waals surface area contributed by atoms with Gasteiger partial charge >= 0.3 is 0 Å². The second-order valence-electron chi connectivity index (χ2n) is 6.38. The lowest BCUT2D eigenvalue weighted by Gasteiger charge is -2.30. The first-order valence-electron chi connectivity index (χ1n) is 8.15. The fourth-order valence-corrected chi connectivity index (χ4v) is 2.98. The van der Waals surface area contributed by atoms with Gasteiger partial charge in [0.15, 0.2) is 5.78 Å². The SMILES string of the molecule is CC(=O)c1cccc(N[C@H](C)C(=O)N[C@H]2CCCC[C@H]2C)c1. The molecule has 4 nitrogen and oxygen atoms in total. The molecule has 1 aromatic rings. The van der Waals surface area contributed by atoms with Crippen molar-refractivity contribution in [3.05, 3.63) is 29.8 Å². The molecule has 120 valence electrons. The Bertz CT molecular complexity index is 542. The minimum Gasteiger partial charge on any atom is -0.374 e. The van der Waals surface area contributed by atoms with Gasteiger partial charge in [-0.15, -0.1) is 0 Å². The van der Waals surface area contributed by atoms with Crippen LogP contribution >= 0.6 is 0 Å². The highest BCUT2D eigenvalue weighted by molar-refractivity contribution is 5.95. The lowest BCUT2D eigenvalue weighted by atomic mass is 9.86. The van der Waals surface area contributed by atoms with E-state index in [9.17, 15) is 9.59 Å². The molecule has 22 heavy (non-hydrogen) atoms. The summed E-state index contributed by atoms with van der Waals surface area (Å²) in [5, 5.41) is 6.33. The Kier molecular flexibility index (Phi) is 5.58. The molecule has 1 aliphatic rings. The number of carbonyl (C=O) groups excluding carboxylic acids is 2. The van der Waals surface area contributed by atoms with E-state index in [-0.39, 0.29) is 23.8 Å². The van der Waals surface area contributed by atoms with Gasteiger partial charge in [-0.05, 0) is 44.7 Å². The predicted octanol–water partition coefficient (Wildman–Crippen LogP) is 3.38. The molecular formula is C18H26N2O2. The van der Waals surface area contributed by atoms with Crippen molar-refractivity contribution in [2.24, 2.45) is 5.92 Å². The molecule has 0 bridgehead atoms. The van der Waals surface area contributed by atoms with Gasteiger partial charge in [0, 0.05) is 17.3 Å². The number of anilines is 1. The van der Waals surface area contributed by atoms with Gasteiger partial charge in [0.1, 0.15) is 6.04 Å². The van der Waals surface area contributed by atoms with Crippen molar-refractivity contribution in [1.29, 1.82) is 0 Å². The first kappa shape index (κ1) is 16.5. The molecule has 0 saturated heterocycles. The summed E-state index contributed by atoms with van der Waals surface area (Å²) >= 11 is 0. The van der Waals surface area contributed by atoms with Crippen molar-refractivity contribution >= 4 is 17.4 Å². The van der Waals surface area contributed by atoms with Gasteiger partial charge in [-0.25, -0.2) is 0 Å². The lowest BCUT2D eigenvalue weighted by Crippen LogP contribution is -2.46. The van der Waals surface area contributed by atoms with E-state index in [0.717, 1.165) is 12.1 Å². The van der Waals surface area contributed by atoms with E-state index in [4.69, 9.17) is 0 Å². The maximum atomic E-state index is 12.3. The highest BCUT2D eigenvalue weighted by Gasteiger charge is 2.24. The van der Waals surface area contributed by atoms with Gasteiger partial charge in [-0.2, -0.15) is 0 Å². The minimum atomic E-state index is -0.323. The Hall–Kier alpha value is -1.84. The normalized spacial score (nSPS) is 22.7. The fraction of sp³-hybridized carbons (Fsp3) is 0.556. The van der Waals surface area contributed by atoms with Crippen LogP contribution in [0.15, 0.2) is 24.3 Å². The monoisotopic (exact) mass is 302 g/mol. The van der Waals surface area contributed by atoms with Crippen LogP contribution in [0, 0.1) is 5.92 Å². The average Bonchev–Trinajstić information content (AvgIpc) is 2.49. The Morgan fingerprint density at radius 1 is 1.23 bits per heavy atom. The molecule has 2 N–H and O–H groups in total. The quantitative estimate of drug-likeness (QED) is 0.820. The van der Waals surface area contributed by atoms with E-state index < -0.39 is 0 Å². The molecule has 0 radical (unpaired) electrons. The van der Waals surface area contributed by atoms with Crippen LogP contribution in [-0.4, -0.2) is 23.8 Å². The van der Waals surface area contributed by atoms with Crippen LogP contribution in [0.25, 0.3) is 0 Å². The van der Waals surface area contributed by atoms with E-state index in [1.807, 2.05) is 19.1 Å². The van der Waals surface area contributed by atoms with E-state index in [1.165, 1.54) is 19.3 Å². The third kappa shape index (κ3) is 4.33. The van der Waals surface area contributed by atoms with Crippen molar-refractivity contribution in [2.75, 3.05) is 5.32 Å². The summed E-state index contributed by atoms with van der Waals surface area (Å²) in [4.78, 5) is 23.7. The zero-order chi connectivity index (χ0) is 16.1. The smallest absolute Gasteiger partial charge is 0.242 e. The number of hydrogen-bond donors (Lipinski definition) is 2. The third-order valence-corrected chi connectivity index (χ3v) is 4.48. The van der Waals surface area contributed by atoms with Crippen LogP contribution in [0.5, 0.6) is 0 Å². The predicted molar refractivity (Wildman–Crippen MR) is 89.1 cm³/mol. The zero-order valence-electron chi connectivity index (χ0n) is 13.7. The van der Waals surface area contributed by atoms with Crippen molar-refractivity contribution in [3.63, 3.8) is 0 Å². The molecule has 1 aromatic carbocycles. The third-order valence-electron chi connectivity index (χ3n) is 4.48. The van der Waals surface area contributed by atoms with Crippen molar-refractivity contribution < 1.29 is 9.59 Å². The molecule has 2 rings (SSSR count). The summed E-state index contributed by atoms with van der Waals surface area (Å²) in [5.74, 6) is 0.592. The van der Waals surface area contributed by atoms with Crippen LogP contribution in [0.1, 0.15) is 56.8 Å². The van der Waals surface area contributed by atoms with Crippen LogP contribution in [-0.2, 0) is 4.79 Å². The van der Waals surface area contributed by atoms with Crippen molar-refractivity contribution in [1.82, 2.24) is 5.32 Å². The number of carbonyl (C=O) groups is 2. The topological polar surface area (TPSA) is 58.2 Å². The fourth-order valence-electron chi connectivity index (χ4n) is 2.98. The zero-order valence-corrected chi connectivity index (χ0v) is 13.7. The van der Waals surface area contributed by atoms with Gasteiger partial charge < -0.3 is 10.6 Å². The van der Waals surface area contributed by atoms with Crippen LogP contribution < -0.4 is 10.6 Å². The van der Waals surface area contributed by atoms with E-state index in [1.54, 1.807) is 19.1 Å². The lowest BCUT2D eigenvalue weighted by molar-refractivity contribution is -0.122. The number of Topliss-reactive ketones (excluding diaryl/α,β-unsaturated/α-hetero) is 1. The average molecular weight is 302 g/mol. The summed E-state index contributed by atoms with van der Waals surface area (Å²) in [7, 11) is 0. The summed E-state index contributed by atoms with van der Waals surface area (Å²) in [6.07, 6.45) is 4.71. The maximum absolute atomic E-state index is 12.3. The van der Waals surface area contributed by atoms with E-state index in [2.05, 4.69) is 17.6 Å². The molecule has 1 aliphatic carbocycles. The second kappa shape index (κ2) is 7.43. The molecule has 0 aromatic heterocycles. The van der Waals surface area contributed by atoms with Crippen molar-refractivity contribution in [2.45, 2.75) is 58.5 Å². The Balaban J connectivity index is 1.93. The van der Waals surface area contributed by atoms with E-state index in [0.29, 0.717) is 11.5 Å². The van der Waals surface area contributed by atoms with Crippen LogP contribution in [0.2, 0.25) is 0 Å².